The zero-order chi connectivity index (χ0) is 13.9. The Hall–Kier alpha value is -2.15. The second kappa shape index (κ2) is 5.23. The number of aliphatic hydroxyl groups is 1. The van der Waals surface area contributed by atoms with E-state index >= 15 is 0 Å². The fourth-order valence-electron chi connectivity index (χ4n) is 1.54. The van der Waals surface area contributed by atoms with Crippen LogP contribution in [-0.2, 0) is 0 Å². The molecule has 0 spiro atoms. The van der Waals surface area contributed by atoms with Gasteiger partial charge in [-0.15, -0.1) is 13.2 Å². The smallest absolute Gasteiger partial charge is 0.405 e. The molecule has 0 bridgehead atoms. The number of para-hydroxylation sites is 1. The minimum absolute atomic E-state index is 0.0275. The molecule has 1 unspecified atom stereocenters. The van der Waals surface area contributed by atoms with E-state index in [1.807, 2.05) is 0 Å². The Kier molecular flexibility index (Phi) is 3.66. The molecule has 0 saturated carbocycles. The molecule has 0 aliphatic heterocycles. The van der Waals surface area contributed by atoms with Crippen molar-refractivity contribution in [3.05, 3.63) is 54.1 Å². The first-order valence-corrected chi connectivity index (χ1v) is 5.26. The van der Waals surface area contributed by atoms with Gasteiger partial charge in [-0.1, -0.05) is 18.2 Å². The van der Waals surface area contributed by atoms with Crippen molar-refractivity contribution >= 4 is 0 Å². The quantitative estimate of drug-likeness (QED) is 0.930. The molecule has 19 heavy (non-hydrogen) atoms. The van der Waals surface area contributed by atoms with Gasteiger partial charge in [-0.05, 0) is 6.07 Å². The van der Waals surface area contributed by atoms with Crippen LogP contribution in [0.5, 0.6) is 5.75 Å². The lowest BCUT2D eigenvalue weighted by molar-refractivity contribution is -0.275. The SMILES string of the molecule is OC(c1cnccn1)c1ccccc1OC(F)(F)F. The molecule has 1 heterocycles. The second-order valence-electron chi connectivity index (χ2n) is 3.62. The number of halogens is 3. The zero-order valence-corrected chi connectivity index (χ0v) is 9.50. The highest BCUT2D eigenvalue weighted by atomic mass is 19.4. The van der Waals surface area contributed by atoms with Crippen LogP contribution in [0.25, 0.3) is 0 Å². The van der Waals surface area contributed by atoms with Gasteiger partial charge in [0.05, 0.1) is 11.9 Å². The maximum absolute atomic E-state index is 12.3. The van der Waals surface area contributed by atoms with Gasteiger partial charge in [0.2, 0.25) is 0 Å². The van der Waals surface area contributed by atoms with Crippen LogP contribution >= 0.6 is 0 Å². The Labute approximate surface area is 106 Å². The average Bonchev–Trinajstić information content (AvgIpc) is 2.38. The first-order chi connectivity index (χ1) is 8.97. The van der Waals surface area contributed by atoms with E-state index in [9.17, 15) is 18.3 Å². The van der Waals surface area contributed by atoms with Crippen molar-refractivity contribution in [3.63, 3.8) is 0 Å². The number of ether oxygens (including phenoxy) is 1. The number of benzene rings is 1. The molecular weight excluding hydrogens is 261 g/mol. The third kappa shape index (κ3) is 3.41. The summed E-state index contributed by atoms with van der Waals surface area (Å²) in [6.45, 7) is 0. The van der Waals surface area contributed by atoms with Gasteiger partial charge >= 0.3 is 6.36 Å². The molecule has 1 aromatic carbocycles. The largest absolute Gasteiger partial charge is 0.573 e. The van der Waals surface area contributed by atoms with Gasteiger partial charge in [0, 0.05) is 18.0 Å². The van der Waals surface area contributed by atoms with E-state index < -0.39 is 18.2 Å². The normalized spacial score (nSPS) is 13.1. The summed E-state index contributed by atoms with van der Waals surface area (Å²) < 4.78 is 40.6. The maximum Gasteiger partial charge on any atom is 0.573 e. The van der Waals surface area contributed by atoms with E-state index in [-0.39, 0.29) is 11.3 Å². The third-order valence-corrected chi connectivity index (χ3v) is 2.30. The summed E-state index contributed by atoms with van der Waals surface area (Å²) in [4.78, 5) is 7.59. The van der Waals surface area contributed by atoms with Crippen molar-refractivity contribution in [3.8, 4) is 5.75 Å². The molecule has 0 aliphatic carbocycles. The number of nitrogens with zero attached hydrogens (tertiary/aromatic N) is 2. The van der Waals surface area contributed by atoms with Crippen LogP contribution in [-0.4, -0.2) is 21.4 Å². The molecule has 0 amide bonds. The number of aromatic nitrogens is 2. The van der Waals surface area contributed by atoms with E-state index in [4.69, 9.17) is 0 Å². The van der Waals surface area contributed by atoms with E-state index in [2.05, 4.69) is 14.7 Å². The number of hydrogen-bond donors (Lipinski definition) is 1. The van der Waals surface area contributed by atoms with Crippen molar-refractivity contribution in [2.75, 3.05) is 0 Å². The molecule has 0 saturated heterocycles. The van der Waals surface area contributed by atoms with Crippen molar-refractivity contribution in [1.82, 2.24) is 9.97 Å². The van der Waals surface area contributed by atoms with Gasteiger partial charge in [-0.2, -0.15) is 0 Å². The van der Waals surface area contributed by atoms with Crippen molar-refractivity contribution < 1.29 is 23.0 Å². The molecule has 1 atom stereocenters. The average molecular weight is 270 g/mol. The molecule has 4 nitrogen and oxygen atoms in total. The molecule has 2 rings (SSSR count). The highest BCUT2D eigenvalue weighted by molar-refractivity contribution is 5.38. The molecule has 0 aliphatic rings. The van der Waals surface area contributed by atoms with Crippen molar-refractivity contribution in [2.45, 2.75) is 12.5 Å². The van der Waals surface area contributed by atoms with Crippen molar-refractivity contribution in [1.29, 1.82) is 0 Å². The summed E-state index contributed by atoms with van der Waals surface area (Å²) >= 11 is 0. The van der Waals surface area contributed by atoms with Gasteiger partial charge in [0.25, 0.3) is 0 Å². The summed E-state index contributed by atoms with van der Waals surface area (Å²) in [7, 11) is 0. The van der Waals surface area contributed by atoms with E-state index in [1.165, 1.54) is 36.8 Å². The van der Waals surface area contributed by atoms with Gasteiger partial charge in [0.1, 0.15) is 11.9 Å². The number of rotatable bonds is 3. The Morgan fingerprint density at radius 3 is 2.53 bits per heavy atom. The Bertz CT molecular complexity index is 546. The maximum atomic E-state index is 12.3. The highest BCUT2D eigenvalue weighted by Crippen LogP contribution is 2.32. The summed E-state index contributed by atoms with van der Waals surface area (Å²) in [5, 5.41) is 10.0. The Balaban J connectivity index is 2.35. The molecule has 1 aromatic heterocycles. The molecule has 0 fully saturated rings. The lowest BCUT2D eigenvalue weighted by Crippen LogP contribution is -2.19. The van der Waals surface area contributed by atoms with Crippen molar-refractivity contribution in [2.24, 2.45) is 0 Å². The van der Waals surface area contributed by atoms with E-state index in [1.54, 1.807) is 0 Å². The monoisotopic (exact) mass is 270 g/mol. The lowest BCUT2D eigenvalue weighted by atomic mass is 10.1. The summed E-state index contributed by atoms with van der Waals surface area (Å²) in [5.41, 5.74) is 0.112. The number of aliphatic hydroxyl groups excluding tert-OH is 1. The fourth-order valence-corrected chi connectivity index (χ4v) is 1.54. The van der Waals surface area contributed by atoms with Gasteiger partial charge < -0.3 is 9.84 Å². The standard InChI is InChI=1S/C12H9F3N2O2/c13-12(14,15)19-10-4-2-1-3-8(10)11(18)9-7-16-5-6-17-9/h1-7,11,18H. The summed E-state index contributed by atoms with van der Waals surface area (Å²) in [5.74, 6) is -0.465. The van der Waals surface area contributed by atoms with Crippen LogP contribution in [0.2, 0.25) is 0 Å². The van der Waals surface area contributed by atoms with Gasteiger partial charge in [0.15, 0.2) is 0 Å². The number of hydrogen-bond acceptors (Lipinski definition) is 4. The summed E-state index contributed by atoms with van der Waals surface area (Å²) in [6, 6.07) is 5.34. The topological polar surface area (TPSA) is 55.2 Å². The molecule has 0 radical (unpaired) electrons. The van der Waals surface area contributed by atoms with Crippen LogP contribution < -0.4 is 4.74 Å². The predicted molar refractivity (Wildman–Crippen MR) is 59.2 cm³/mol. The van der Waals surface area contributed by atoms with Crippen LogP contribution in [0, 0.1) is 0 Å². The zero-order valence-electron chi connectivity index (χ0n) is 9.50. The fraction of sp³-hybridized carbons (Fsp3) is 0.167. The Morgan fingerprint density at radius 1 is 1.16 bits per heavy atom. The van der Waals surface area contributed by atoms with Gasteiger partial charge in [-0.25, -0.2) is 0 Å². The molecule has 2 aromatic rings. The first kappa shape index (κ1) is 13.3. The molecule has 1 N–H and O–H groups in total. The first-order valence-electron chi connectivity index (χ1n) is 5.26. The highest BCUT2D eigenvalue weighted by Gasteiger charge is 2.33. The molecule has 7 heteroatoms. The third-order valence-electron chi connectivity index (χ3n) is 2.30. The van der Waals surface area contributed by atoms with Crippen LogP contribution in [0.4, 0.5) is 13.2 Å². The molecular formula is C12H9F3N2O2. The minimum atomic E-state index is -4.82. The van der Waals surface area contributed by atoms with Crippen LogP contribution in [0.1, 0.15) is 17.4 Å². The lowest BCUT2D eigenvalue weighted by Gasteiger charge is -2.16. The van der Waals surface area contributed by atoms with Gasteiger partial charge in [-0.3, -0.25) is 9.97 Å². The second-order valence-corrected chi connectivity index (χ2v) is 3.62. The molecule has 100 valence electrons. The Morgan fingerprint density at radius 2 is 1.89 bits per heavy atom. The number of alkyl halides is 3. The van der Waals surface area contributed by atoms with E-state index in [0.717, 1.165) is 6.07 Å². The minimum Gasteiger partial charge on any atom is -0.405 e. The van der Waals surface area contributed by atoms with Crippen LogP contribution in [0.3, 0.4) is 0 Å². The predicted octanol–water partition coefficient (Wildman–Crippen LogP) is 2.46. The van der Waals surface area contributed by atoms with E-state index in [0.29, 0.717) is 0 Å². The summed E-state index contributed by atoms with van der Waals surface area (Å²) in [6.07, 6.45) is -2.15. The van der Waals surface area contributed by atoms with Crippen LogP contribution in [0.15, 0.2) is 42.9 Å².